The van der Waals surface area contributed by atoms with E-state index in [0.29, 0.717) is 25.2 Å². The number of aryl methyl sites for hydroxylation is 1. The van der Waals surface area contributed by atoms with Crippen molar-refractivity contribution in [3.8, 4) is 0 Å². The maximum atomic E-state index is 13.1. The Morgan fingerprint density at radius 3 is 2.83 bits per heavy atom. The molecular weight excluding hydrogens is 456 g/mol. The van der Waals surface area contributed by atoms with Gasteiger partial charge in [0.05, 0.1) is 31.5 Å². The van der Waals surface area contributed by atoms with Gasteiger partial charge in [0.15, 0.2) is 5.82 Å². The molecule has 2 atom stereocenters. The van der Waals surface area contributed by atoms with Crippen molar-refractivity contribution in [2.24, 2.45) is 5.92 Å². The second-order valence-electron chi connectivity index (χ2n) is 9.93. The van der Waals surface area contributed by atoms with Gasteiger partial charge < -0.3 is 14.1 Å². The minimum Gasteiger partial charge on any atom is -0.468 e. The van der Waals surface area contributed by atoms with Gasteiger partial charge in [0, 0.05) is 24.2 Å². The first-order chi connectivity index (χ1) is 17.5. The summed E-state index contributed by atoms with van der Waals surface area (Å²) in [7, 11) is 0. The van der Waals surface area contributed by atoms with E-state index in [1.807, 2.05) is 28.9 Å². The number of aromatic nitrogens is 5. The molecule has 1 aromatic carbocycles. The highest BCUT2D eigenvalue weighted by Crippen LogP contribution is 2.31. The molecule has 9 heteroatoms. The highest BCUT2D eigenvalue weighted by molar-refractivity contribution is 5.79. The van der Waals surface area contributed by atoms with Crippen LogP contribution in [0.15, 0.2) is 51.9 Å². The quantitative estimate of drug-likeness (QED) is 0.355. The molecule has 1 aliphatic heterocycles. The fraction of sp³-hybridized carbons (Fsp3) is 0.481. The molecule has 190 valence electrons. The fourth-order valence-electron chi connectivity index (χ4n) is 5.13. The number of pyridine rings is 1. The molecule has 4 aromatic rings. The number of benzene rings is 1. The molecule has 1 aliphatic rings. The van der Waals surface area contributed by atoms with Gasteiger partial charge in [0.25, 0.3) is 5.56 Å². The second-order valence-corrected chi connectivity index (χ2v) is 9.93. The third-order valence-electron chi connectivity index (χ3n) is 6.96. The van der Waals surface area contributed by atoms with Gasteiger partial charge >= 0.3 is 0 Å². The summed E-state index contributed by atoms with van der Waals surface area (Å²) in [5.74, 6) is 1.78. The summed E-state index contributed by atoms with van der Waals surface area (Å²) in [6, 6.07) is 11.9. The molecule has 0 spiro atoms. The number of fused-ring (bicyclic) bond motifs is 1. The van der Waals surface area contributed by atoms with Crippen LogP contribution in [0.2, 0.25) is 0 Å². The number of nitrogens with zero attached hydrogens (tertiary/aromatic N) is 5. The molecule has 1 N–H and O–H groups in total. The Labute approximate surface area is 210 Å². The molecular formula is C27H34N6O3. The maximum Gasteiger partial charge on any atom is 0.252 e. The third-order valence-corrected chi connectivity index (χ3v) is 6.96. The summed E-state index contributed by atoms with van der Waals surface area (Å²) < 4.78 is 13.4. The van der Waals surface area contributed by atoms with E-state index in [2.05, 4.69) is 58.3 Å². The van der Waals surface area contributed by atoms with Crippen LogP contribution in [0, 0.1) is 5.92 Å². The van der Waals surface area contributed by atoms with E-state index in [9.17, 15) is 4.79 Å². The maximum absolute atomic E-state index is 13.1. The summed E-state index contributed by atoms with van der Waals surface area (Å²) in [6.07, 6.45) is 4.81. The Bertz CT molecular complexity index is 1340. The molecule has 36 heavy (non-hydrogen) atoms. The van der Waals surface area contributed by atoms with Gasteiger partial charge in [-0.05, 0) is 76.9 Å². The van der Waals surface area contributed by atoms with Crippen molar-refractivity contribution in [3.05, 3.63) is 75.7 Å². The first kappa shape index (κ1) is 24.4. The van der Waals surface area contributed by atoms with E-state index in [4.69, 9.17) is 9.15 Å². The Hall–Kier alpha value is -3.30. The van der Waals surface area contributed by atoms with Gasteiger partial charge in [-0.2, -0.15) is 0 Å². The first-order valence-electron chi connectivity index (χ1n) is 12.8. The summed E-state index contributed by atoms with van der Waals surface area (Å²) in [4.78, 5) is 18.4. The van der Waals surface area contributed by atoms with Crippen molar-refractivity contribution in [1.29, 1.82) is 0 Å². The number of rotatable bonds is 10. The lowest BCUT2D eigenvalue weighted by Crippen LogP contribution is -2.35. The Kier molecular flexibility index (Phi) is 7.29. The number of aromatic amines is 1. The summed E-state index contributed by atoms with van der Waals surface area (Å²) in [5, 5.41) is 13.8. The van der Waals surface area contributed by atoms with Crippen LogP contribution in [0.3, 0.4) is 0 Å². The molecule has 3 aromatic heterocycles. The normalized spacial score (nSPS) is 17.0. The smallest absolute Gasteiger partial charge is 0.252 e. The van der Waals surface area contributed by atoms with Gasteiger partial charge in [-0.25, -0.2) is 4.68 Å². The predicted octanol–water partition coefficient (Wildman–Crippen LogP) is 4.25. The lowest BCUT2D eigenvalue weighted by atomic mass is 10.00. The zero-order chi connectivity index (χ0) is 25.1. The molecule has 9 nitrogen and oxygen atoms in total. The molecule has 0 amide bonds. The second kappa shape index (κ2) is 10.8. The lowest BCUT2D eigenvalue weighted by Gasteiger charge is -2.33. The van der Waals surface area contributed by atoms with Crippen molar-refractivity contribution in [3.63, 3.8) is 0 Å². The van der Waals surface area contributed by atoms with Crippen LogP contribution < -0.4 is 5.56 Å². The number of H-pyrrole nitrogens is 1. The van der Waals surface area contributed by atoms with E-state index >= 15 is 0 Å². The Morgan fingerprint density at radius 2 is 2.11 bits per heavy atom. The first-order valence-corrected chi connectivity index (χ1v) is 12.8. The van der Waals surface area contributed by atoms with Crippen LogP contribution in [0.4, 0.5) is 0 Å². The van der Waals surface area contributed by atoms with Crippen molar-refractivity contribution >= 4 is 10.9 Å². The number of tetrazole rings is 1. The van der Waals surface area contributed by atoms with Gasteiger partial charge in [-0.15, -0.1) is 5.10 Å². The molecule has 0 radical (unpaired) electrons. The van der Waals surface area contributed by atoms with Crippen molar-refractivity contribution in [2.45, 2.75) is 71.8 Å². The van der Waals surface area contributed by atoms with Crippen LogP contribution >= 0.6 is 0 Å². The van der Waals surface area contributed by atoms with Crippen LogP contribution in [-0.2, 0) is 30.8 Å². The molecule has 0 saturated carbocycles. The molecule has 5 rings (SSSR count). The summed E-state index contributed by atoms with van der Waals surface area (Å²) >= 11 is 0. The molecule has 4 heterocycles. The Morgan fingerprint density at radius 1 is 1.22 bits per heavy atom. The van der Waals surface area contributed by atoms with Gasteiger partial charge in [0.2, 0.25) is 0 Å². The van der Waals surface area contributed by atoms with Crippen LogP contribution in [-0.4, -0.2) is 42.8 Å². The number of ether oxygens (including phenoxy) is 1. The largest absolute Gasteiger partial charge is 0.468 e. The minimum atomic E-state index is -0.136. The molecule has 0 aliphatic carbocycles. The molecule has 1 saturated heterocycles. The van der Waals surface area contributed by atoms with E-state index in [-0.39, 0.29) is 23.6 Å². The van der Waals surface area contributed by atoms with Crippen molar-refractivity contribution in [1.82, 2.24) is 30.1 Å². The van der Waals surface area contributed by atoms with Gasteiger partial charge in [-0.1, -0.05) is 26.8 Å². The average Bonchev–Trinajstić information content (AvgIpc) is 3.64. The van der Waals surface area contributed by atoms with E-state index in [1.165, 1.54) is 5.56 Å². The van der Waals surface area contributed by atoms with Crippen LogP contribution in [0.25, 0.3) is 10.9 Å². The van der Waals surface area contributed by atoms with E-state index in [0.717, 1.165) is 48.4 Å². The fourth-order valence-corrected chi connectivity index (χ4v) is 5.13. The van der Waals surface area contributed by atoms with Crippen molar-refractivity contribution < 1.29 is 9.15 Å². The number of furan rings is 1. The van der Waals surface area contributed by atoms with E-state index in [1.54, 1.807) is 6.26 Å². The summed E-state index contributed by atoms with van der Waals surface area (Å²) in [5.41, 5.74) is 2.70. The average molecular weight is 491 g/mol. The molecule has 0 unspecified atom stereocenters. The zero-order valence-corrected chi connectivity index (χ0v) is 21.2. The highest BCUT2D eigenvalue weighted by atomic mass is 16.5. The molecule has 1 fully saturated rings. The summed E-state index contributed by atoms with van der Waals surface area (Å²) in [6.45, 7) is 8.80. The predicted molar refractivity (Wildman–Crippen MR) is 136 cm³/mol. The van der Waals surface area contributed by atoms with Crippen LogP contribution in [0.5, 0.6) is 0 Å². The number of hydrogen-bond donors (Lipinski definition) is 1. The number of nitrogens with one attached hydrogen (secondary N) is 1. The lowest BCUT2D eigenvalue weighted by molar-refractivity contribution is 0.0836. The van der Waals surface area contributed by atoms with Crippen LogP contribution in [0.1, 0.15) is 62.4 Å². The highest BCUT2D eigenvalue weighted by Gasteiger charge is 2.31. The van der Waals surface area contributed by atoms with E-state index < -0.39 is 0 Å². The van der Waals surface area contributed by atoms with Crippen molar-refractivity contribution in [2.75, 3.05) is 6.61 Å². The number of hydrogen-bond acceptors (Lipinski definition) is 7. The van der Waals surface area contributed by atoms with Gasteiger partial charge in [-0.3, -0.25) is 9.69 Å². The zero-order valence-electron chi connectivity index (χ0n) is 21.2. The Balaban J connectivity index is 1.51. The monoisotopic (exact) mass is 490 g/mol. The molecule has 0 bridgehead atoms. The van der Waals surface area contributed by atoms with Gasteiger partial charge in [0.1, 0.15) is 5.76 Å². The standard InChI is InChI=1S/C27H34N6O3/c1-4-19-9-10-24-20(13-19)14-21(27(34)28-24)15-32(16-22-7-5-11-35-22)25(18(2)3)26-29-30-31-33(26)17-23-8-6-12-36-23/h5,7,9-11,13-14,18,23,25H,4,6,8,12,15-17H2,1-3H3,(H,28,34)/t23-,25+/m0/s1. The SMILES string of the molecule is CCc1ccc2[nH]c(=O)c(CN(Cc3ccco3)[C@@H](c3nnnn3C[C@@H]3CCCO3)C(C)C)cc2c1. The topological polar surface area (TPSA) is 102 Å². The minimum absolute atomic E-state index is 0.0855. The third kappa shape index (κ3) is 5.27.